The Kier molecular flexibility index (Phi) is 6.32. The van der Waals surface area contributed by atoms with Gasteiger partial charge >= 0.3 is 5.97 Å². The minimum atomic E-state index is -0.453. The van der Waals surface area contributed by atoms with Crippen molar-refractivity contribution in [3.63, 3.8) is 0 Å². The number of methoxy groups -OCH3 is 1. The van der Waals surface area contributed by atoms with Gasteiger partial charge in [-0.3, -0.25) is 9.59 Å². The van der Waals surface area contributed by atoms with Crippen LogP contribution in [0, 0.1) is 6.92 Å². The zero-order valence-electron chi connectivity index (χ0n) is 17.7. The molecule has 3 aromatic rings. The molecule has 1 aromatic heterocycles. The first-order valence-electron chi connectivity index (χ1n) is 10.0. The molecule has 0 saturated carbocycles. The van der Waals surface area contributed by atoms with Crippen molar-refractivity contribution in [3.8, 4) is 0 Å². The molecule has 1 aliphatic rings. The van der Waals surface area contributed by atoms with Crippen LogP contribution in [-0.2, 0) is 16.1 Å². The molecule has 0 bridgehead atoms. The lowest BCUT2D eigenvalue weighted by molar-refractivity contribution is -0.128. The molecule has 1 N–H and O–H groups in total. The summed E-state index contributed by atoms with van der Waals surface area (Å²) in [5, 5.41) is 2.72. The van der Waals surface area contributed by atoms with E-state index in [0.29, 0.717) is 34.7 Å². The summed E-state index contributed by atoms with van der Waals surface area (Å²) in [6, 6.07) is 15.9. The molecule has 4 rings (SSSR count). The molecule has 32 heavy (non-hydrogen) atoms. The highest BCUT2D eigenvalue weighted by Gasteiger charge is 2.33. The molecular weight excluding hydrogens is 428 g/mol. The Bertz CT molecular complexity index is 1140. The second kappa shape index (κ2) is 9.32. The van der Waals surface area contributed by atoms with Gasteiger partial charge < -0.3 is 19.4 Å². The van der Waals surface area contributed by atoms with Crippen molar-refractivity contribution >= 4 is 35.2 Å². The highest BCUT2D eigenvalue weighted by molar-refractivity contribution is 8.00. The van der Waals surface area contributed by atoms with Gasteiger partial charge in [-0.05, 0) is 54.4 Å². The number of ether oxygens (including phenoxy) is 1. The van der Waals surface area contributed by atoms with Crippen molar-refractivity contribution in [3.05, 3.63) is 88.9 Å². The number of thioether (sulfide) groups is 1. The van der Waals surface area contributed by atoms with E-state index in [4.69, 9.17) is 9.15 Å². The Morgan fingerprint density at radius 1 is 1.16 bits per heavy atom. The molecule has 7 nitrogen and oxygen atoms in total. The van der Waals surface area contributed by atoms with Crippen LogP contribution in [0.15, 0.2) is 65.3 Å². The van der Waals surface area contributed by atoms with E-state index in [9.17, 15) is 14.4 Å². The fraction of sp³-hybridized carbons (Fsp3) is 0.208. The number of furan rings is 1. The fourth-order valence-corrected chi connectivity index (χ4v) is 4.76. The summed E-state index contributed by atoms with van der Waals surface area (Å²) < 4.78 is 10.2. The summed E-state index contributed by atoms with van der Waals surface area (Å²) in [5.41, 5.74) is 3.00. The summed E-state index contributed by atoms with van der Waals surface area (Å²) >= 11 is 1.55. The van der Waals surface area contributed by atoms with Crippen molar-refractivity contribution in [2.75, 3.05) is 18.2 Å². The molecule has 1 fully saturated rings. The smallest absolute Gasteiger partial charge is 0.338 e. The maximum atomic E-state index is 12.8. The van der Waals surface area contributed by atoms with Crippen LogP contribution in [0.5, 0.6) is 0 Å². The Morgan fingerprint density at radius 2 is 1.94 bits per heavy atom. The van der Waals surface area contributed by atoms with E-state index >= 15 is 0 Å². The third-order valence-electron chi connectivity index (χ3n) is 5.32. The van der Waals surface area contributed by atoms with Crippen molar-refractivity contribution in [1.29, 1.82) is 0 Å². The lowest BCUT2D eigenvalue weighted by atomic mass is 10.1. The summed E-state index contributed by atoms with van der Waals surface area (Å²) in [5.74, 6) is 0.448. The number of anilines is 1. The van der Waals surface area contributed by atoms with Gasteiger partial charge in [-0.25, -0.2) is 4.79 Å². The van der Waals surface area contributed by atoms with Crippen molar-refractivity contribution in [2.24, 2.45) is 0 Å². The average Bonchev–Trinajstić information content (AvgIpc) is 3.45. The molecule has 0 spiro atoms. The number of benzene rings is 2. The summed E-state index contributed by atoms with van der Waals surface area (Å²) in [6.07, 6.45) is 1.59. The van der Waals surface area contributed by atoms with Crippen LogP contribution >= 0.6 is 11.8 Å². The van der Waals surface area contributed by atoms with E-state index in [1.807, 2.05) is 18.2 Å². The number of carbonyl (C=O) groups is 3. The molecule has 1 unspecified atom stereocenters. The molecule has 0 radical (unpaired) electrons. The van der Waals surface area contributed by atoms with E-state index in [-0.39, 0.29) is 17.2 Å². The van der Waals surface area contributed by atoms with Crippen LogP contribution in [0.1, 0.15) is 43.0 Å². The van der Waals surface area contributed by atoms with Gasteiger partial charge in [0, 0.05) is 11.3 Å². The number of hydrogen-bond donors (Lipinski definition) is 1. The van der Waals surface area contributed by atoms with E-state index in [1.165, 1.54) is 7.11 Å². The van der Waals surface area contributed by atoms with Gasteiger partial charge in [0.05, 0.1) is 31.2 Å². The zero-order valence-corrected chi connectivity index (χ0v) is 18.5. The van der Waals surface area contributed by atoms with Gasteiger partial charge in [-0.1, -0.05) is 18.2 Å². The number of hydrogen-bond acceptors (Lipinski definition) is 6. The molecule has 1 saturated heterocycles. The Hall–Kier alpha value is -3.52. The largest absolute Gasteiger partial charge is 0.467 e. The minimum absolute atomic E-state index is 0.0548. The lowest BCUT2D eigenvalue weighted by Crippen LogP contribution is -2.27. The number of carbonyl (C=O) groups excluding carboxylic acids is 3. The highest BCUT2D eigenvalue weighted by Crippen LogP contribution is 2.39. The lowest BCUT2D eigenvalue weighted by Gasteiger charge is -2.23. The van der Waals surface area contributed by atoms with Crippen LogP contribution in [0.4, 0.5) is 5.69 Å². The molecule has 1 aliphatic heterocycles. The molecular formula is C24H22N2O5S. The SMILES string of the molecule is COC(=O)c1cccc(NC(=O)c2ccc(C3SCC(=O)N3Cc3ccco3)cc2)c1C. The number of amides is 2. The third-order valence-corrected chi connectivity index (χ3v) is 6.58. The molecule has 2 heterocycles. The minimum Gasteiger partial charge on any atom is -0.467 e. The van der Waals surface area contributed by atoms with Crippen molar-refractivity contribution < 1.29 is 23.5 Å². The predicted molar refractivity (Wildman–Crippen MR) is 121 cm³/mol. The van der Waals surface area contributed by atoms with E-state index in [2.05, 4.69) is 5.32 Å². The van der Waals surface area contributed by atoms with E-state index < -0.39 is 5.97 Å². The van der Waals surface area contributed by atoms with Crippen molar-refractivity contribution in [1.82, 2.24) is 4.90 Å². The van der Waals surface area contributed by atoms with Gasteiger partial charge in [0.15, 0.2) is 0 Å². The van der Waals surface area contributed by atoms with Crippen LogP contribution in [-0.4, -0.2) is 35.5 Å². The maximum Gasteiger partial charge on any atom is 0.338 e. The molecule has 8 heteroatoms. The molecule has 2 aromatic carbocycles. The topological polar surface area (TPSA) is 88.8 Å². The average molecular weight is 451 g/mol. The van der Waals surface area contributed by atoms with Gasteiger partial charge in [-0.2, -0.15) is 0 Å². The quantitative estimate of drug-likeness (QED) is 0.560. The van der Waals surface area contributed by atoms with Gasteiger partial charge in [0.25, 0.3) is 5.91 Å². The molecule has 164 valence electrons. The summed E-state index contributed by atoms with van der Waals surface area (Å²) in [4.78, 5) is 38.8. The number of esters is 1. The van der Waals surface area contributed by atoms with Gasteiger partial charge in [0.1, 0.15) is 11.1 Å². The fourth-order valence-electron chi connectivity index (χ4n) is 3.57. The maximum absolute atomic E-state index is 12.8. The van der Waals surface area contributed by atoms with Crippen LogP contribution in [0.25, 0.3) is 0 Å². The monoisotopic (exact) mass is 450 g/mol. The Labute approximate surface area is 189 Å². The second-order valence-electron chi connectivity index (χ2n) is 7.31. The number of nitrogens with one attached hydrogen (secondary N) is 1. The first-order chi connectivity index (χ1) is 15.5. The number of nitrogens with zero attached hydrogens (tertiary/aromatic N) is 1. The highest BCUT2D eigenvalue weighted by atomic mass is 32.2. The summed E-state index contributed by atoms with van der Waals surface area (Å²) in [7, 11) is 1.32. The molecule has 2 amide bonds. The zero-order chi connectivity index (χ0) is 22.7. The molecule has 1 atom stereocenters. The normalized spacial score (nSPS) is 15.6. The third kappa shape index (κ3) is 4.40. The van der Waals surface area contributed by atoms with Crippen molar-refractivity contribution in [2.45, 2.75) is 18.8 Å². The first-order valence-corrected chi connectivity index (χ1v) is 11.1. The Balaban J connectivity index is 1.48. The van der Waals surface area contributed by atoms with Crippen LogP contribution in [0.3, 0.4) is 0 Å². The first kappa shape index (κ1) is 21.7. The van der Waals surface area contributed by atoms with Gasteiger partial charge in [0.2, 0.25) is 5.91 Å². The van der Waals surface area contributed by atoms with E-state index in [1.54, 1.807) is 66.2 Å². The standard InChI is InChI=1S/C24H22N2O5S/c1-15-19(24(29)30-2)6-3-7-20(15)25-22(28)16-8-10-17(11-9-16)23-26(21(27)14-32-23)13-18-5-4-12-31-18/h3-12,23H,13-14H2,1-2H3,(H,25,28). The van der Waals surface area contributed by atoms with Gasteiger partial charge in [-0.15, -0.1) is 11.8 Å². The second-order valence-corrected chi connectivity index (χ2v) is 8.38. The van der Waals surface area contributed by atoms with Crippen LogP contribution < -0.4 is 5.32 Å². The van der Waals surface area contributed by atoms with Crippen LogP contribution in [0.2, 0.25) is 0 Å². The van der Waals surface area contributed by atoms with E-state index in [0.717, 1.165) is 11.3 Å². The molecule has 0 aliphatic carbocycles. The Morgan fingerprint density at radius 3 is 2.62 bits per heavy atom. The number of rotatable bonds is 6. The summed E-state index contributed by atoms with van der Waals surface area (Å²) in [6.45, 7) is 2.16. The predicted octanol–water partition coefficient (Wildman–Crippen LogP) is 4.40.